The Bertz CT molecular complexity index is 717. The normalized spacial score (nSPS) is 11.0. The van der Waals surface area contributed by atoms with Gasteiger partial charge >= 0.3 is 6.18 Å². The minimum atomic E-state index is -4.84. The maximum Gasteiger partial charge on any atom is 0.418 e. The van der Waals surface area contributed by atoms with E-state index in [1.807, 2.05) is 0 Å². The second kappa shape index (κ2) is 5.80. The Morgan fingerprint density at radius 2 is 2.00 bits per heavy atom. The summed E-state index contributed by atoms with van der Waals surface area (Å²) in [5.41, 5.74) is -2.51. The van der Waals surface area contributed by atoms with Crippen molar-refractivity contribution in [3.63, 3.8) is 0 Å². The van der Waals surface area contributed by atoms with E-state index in [1.165, 1.54) is 24.5 Å². The fraction of sp³-hybridized carbons (Fsp3) is 0.0769. The molecule has 9 heteroatoms. The third kappa shape index (κ3) is 3.37. The number of nitro benzene ring substituents is 1. The zero-order valence-corrected chi connectivity index (χ0v) is 10.8. The zero-order chi connectivity index (χ0) is 16.3. The Kier molecular flexibility index (Phi) is 4.06. The lowest BCUT2D eigenvalue weighted by atomic mass is 10.1. The Morgan fingerprint density at radius 1 is 1.27 bits per heavy atom. The van der Waals surface area contributed by atoms with Crippen molar-refractivity contribution in [3.8, 4) is 0 Å². The number of aromatic nitrogens is 1. The molecule has 1 aromatic heterocycles. The number of halogens is 3. The number of carbonyl (C=O) groups is 1. The van der Waals surface area contributed by atoms with E-state index in [-0.39, 0.29) is 5.56 Å². The van der Waals surface area contributed by atoms with Gasteiger partial charge in [0.2, 0.25) is 0 Å². The molecule has 1 amide bonds. The smallest absolute Gasteiger partial charge is 0.321 e. The quantitative estimate of drug-likeness (QED) is 0.696. The molecule has 1 heterocycles. The molecule has 0 spiro atoms. The number of benzene rings is 1. The van der Waals surface area contributed by atoms with Gasteiger partial charge in [-0.3, -0.25) is 19.9 Å². The molecule has 0 aliphatic heterocycles. The first-order chi connectivity index (χ1) is 10.3. The molecule has 2 aromatic rings. The molecule has 114 valence electrons. The standard InChI is InChI=1S/C13H8F3N3O3/c14-13(15,16)10-6-9(19(21)22)3-4-11(10)18-12(20)8-2-1-5-17-7-8/h1-7H,(H,18,20). The summed E-state index contributed by atoms with van der Waals surface area (Å²) < 4.78 is 38.9. The number of rotatable bonds is 3. The van der Waals surface area contributed by atoms with Gasteiger partial charge in [-0.15, -0.1) is 0 Å². The number of anilines is 1. The van der Waals surface area contributed by atoms with Gasteiger partial charge < -0.3 is 5.32 Å². The molecule has 0 aliphatic carbocycles. The van der Waals surface area contributed by atoms with E-state index < -0.39 is 33.9 Å². The highest BCUT2D eigenvalue weighted by atomic mass is 19.4. The molecule has 0 fully saturated rings. The minimum absolute atomic E-state index is 0.0639. The maximum atomic E-state index is 13.0. The Balaban J connectivity index is 2.38. The Hall–Kier alpha value is -2.97. The van der Waals surface area contributed by atoms with Crippen LogP contribution < -0.4 is 5.32 Å². The molecule has 1 N–H and O–H groups in total. The molecule has 6 nitrogen and oxygen atoms in total. The highest BCUT2D eigenvalue weighted by molar-refractivity contribution is 6.04. The molecule has 0 unspecified atom stereocenters. The van der Waals surface area contributed by atoms with Crippen LogP contribution >= 0.6 is 0 Å². The number of non-ortho nitro benzene ring substituents is 1. The second-order valence-corrected chi connectivity index (χ2v) is 4.18. The van der Waals surface area contributed by atoms with Crippen molar-refractivity contribution in [1.82, 2.24) is 4.98 Å². The van der Waals surface area contributed by atoms with E-state index in [9.17, 15) is 28.1 Å². The van der Waals surface area contributed by atoms with Crippen LogP contribution in [0, 0.1) is 10.1 Å². The maximum absolute atomic E-state index is 13.0. The van der Waals surface area contributed by atoms with Crippen LogP contribution in [0.5, 0.6) is 0 Å². The summed E-state index contributed by atoms with van der Waals surface area (Å²) >= 11 is 0. The third-order valence-corrected chi connectivity index (χ3v) is 2.69. The van der Waals surface area contributed by atoms with Crippen LogP contribution in [-0.4, -0.2) is 15.8 Å². The van der Waals surface area contributed by atoms with E-state index in [0.717, 1.165) is 12.1 Å². The molecule has 0 bridgehead atoms. The topological polar surface area (TPSA) is 85.1 Å². The Morgan fingerprint density at radius 3 is 2.55 bits per heavy atom. The average molecular weight is 311 g/mol. The van der Waals surface area contributed by atoms with Crippen molar-refractivity contribution in [2.75, 3.05) is 5.32 Å². The zero-order valence-electron chi connectivity index (χ0n) is 10.8. The number of amides is 1. The number of nitro groups is 1. The summed E-state index contributed by atoms with van der Waals surface area (Å²) in [6.45, 7) is 0. The highest BCUT2D eigenvalue weighted by Crippen LogP contribution is 2.37. The van der Waals surface area contributed by atoms with E-state index in [4.69, 9.17) is 0 Å². The first kappa shape index (κ1) is 15.4. The molecule has 2 rings (SSSR count). The largest absolute Gasteiger partial charge is 0.418 e. The van der Waals surface area contributed by atoms with Gasteiger partial charge in [-0.1, -0.05) is 0 Å². The number of nitrogens with one attached hydrogen (secondary N) is 1. The molecular formula is C13H8F3N3O3. The molecule has 0 aliphatic rings. The minimum Gasteiger partial charge on any atom is -0.321 e. The predicted molar refractivity (Wildman–Crippen MR) is 70.3 cm³/mol. The summed E-state index contributed by atoms with van der Waals surface area (Å²) in [4.78, 5) is 25.2. The summed E-state index contributed by atoms with van der Waals surface area (Å²) in [5, 5.41) is 12.7. The van der Waals surface area contributed by atoms with Gasteiger partial charge in [0.25, 0.3) is 11.6 Å². The number of hydrogen-bond acceptors (Lipinski definition) is 4. The van der Waals surface area contributed by atoms with Crippen molar-refractivity contribution < 1.29 is 22.9 Å². The summed E-state index contributed by atoms with van der Waals surface area (Å²) in [6.07, 6.45) is -2.25. The monoisotopic (exact) mass is 311 g/mol. The van der Waals surface area contributed by atoms with Crippen LogP contribution in [0.1, 0.15) is 15.9 Å². The van der Waals surface area contributed by atoms with Gasteiger partial charge in [-0.2, -0.15) is 13.2 Å². The molecular weight excluding hydrogens is 303 g/mol. The number of nitrogens with zero attached hydrogens (tertiary/aromatic N) is 2. The second-order valence-electron chi connectivity index (χ2n) is 4.18. The number of pyridine rings is 1. The van der Waals surface area contributed by atoms with E-state index >= 15 is 0 Å². The van der Waals surface area contributed by atoms with Crippen LogP contribution in [0.2, 0.25) is 0 Å². The van der Waals surface area contributed by atoms with Crippen LogP contribution in [0.3, 0.4) is 0 Å². The van der Waals surface area contributed by atoms with E-state index in [0.29, 0.717) is 6.07 Å². The van der Waals surface area contributed by atoms with Crippen LogP contribution in [0.25, 0.3) is 0 Å². The summed E-state index contributed by atoms with van der Waals surface area (Å²) in [5.74, 6) is -0.799. The van der Waals surface area contributed by atoms with Crippen molar-refractivity contribution in [2.45, 2.75) is 6.18 Å². The van der Waals surface area contributed by atoms with Gasteiger partial charge in [0.05, 0.1) is 21.7 Å². The van der Waals surface area contributed by atoms with Crippen molar-refractivity contribution in [3.05, 3.63) is 64.0 Å². The van der Waals surface area contributed by atoms with Crippen LogP contribution in [0.15, 0.2) is 42.7 Å². The summed E-state index contributed by atoms with van der Waals surface area (Å²) in [6, 6.07) is 4.93. The van der Waals surface area contributed by atoms with E-state index in [2.05, 4.69) is 10.3 Å². The third-order valence-electron chi connectivity index (χ3n) is 2.69. The molecule has 22 heavy (non-hydrogen) atoms. The fourth-order valence-corrected chi connectivity index (χ4v) is 1.68. The van der Waals surface area contributed by atoms with E-state index in [1.54, 1.807) is 0 Å². The lowest BCUT2D eigenvalue weighted by Gasteiger charge is -2.13. The number of carbonyl (C=O) groups excluding carboxylic acids is 1. The highest BCUT2D eigenvalue weighted by Gasteiger charge is 2.35. The first-order valence-corrected chi connectivity index (χ1v) is 5.86. The number of hydrogen-bond donors (Lipinski definition) is 1. The van der Waals surface area contributed by atoms with Crippen LogP contribution in [0.4, 0.5) is 24.5 Å². The van der Waals surface area contributed by atoms with Crippen molar-refractivity contribution >= 4 is 17.3 Å². The molecule has 1 aromatic carbocycles. The predicted octanol–water partition coefficient (Wildman–Crippen LogP) is 3.26. The molecule has 0 atom stereocenters. The first-order valence-electron chi connectivity index (χ1n) is 5.86. The van der Waals surface area contributed by atoms with Crippen LogP contribution in [-0.2, 0) is 6.18 Å². The SMILES string of the molecule is O=C(Nc1ccc([N+](=O)[O-])cc1C(F)(F)F)c1cccnc1. The molecule has 0 saturated heterocycles. The number of alkyl halides is 3. The molecule has 0 radical (unpaired) electrons. The van der Waals surface area contributed by atoms with Gasteiger partial charge in [0.1, 0.15) is 0 Å². The Labute approximate surface area is 121 Å². The fourth-order valence-electron chi connectivity index (χ4n) is 1.68. The van der Waals surface area contributed by atoms with Crippen molar-refractivity contribution in [2.24, 2.45) is 0 Å². The molecule has 0 saturated carbocycles. The lowest BCUT2D eigenvalue weighted by molar-refractivity contribution is -0.385. The average Bonchev–Trinajstić information content (AvgIpc) is 2.47. The lowest BCUT2D eigenvalue weighted by Crippen LogP contribution is -2.17. The van der Waals surface area contributed by atoms with Gasteiger partial charge in [0, 0.05) is 24.5 Å². The van der Waals surface area contributed by atoms with Gasteiger partial charge in [-0.05, 0) is 18.2 Å². The van der Waals surface area contributed by atoms with Crippen molar-refractivity contribution in [1.29, 1.82) is 0 Å². The summed E-state index contributed by atoms with van der Waals surface area (Å²) in [7, 11) is 0. The van der Waals surface area contributed by atoms with Gasteiger partial charge in [-0.25, -0.2) is 0 Å². The van der Waals surface area contributed by atoms with Gasteiger partial charge in [0.15, 0.2) is 0 Å².